The van der Waals surface area contributed by atoms with Crippen molar-refractivity contribution in [2.45, 2.75) is 0 Å². The number of hydrogen-bond acceptors (Lipinski definition) is 1. The minimum Gasteiger partial charge on any atom is -0.508 e. The van der Waals surface area contributed by atoms with E-state index < -0.39 is 0 Å². The Kier molecular flexibility index (Phi) is 3.74. The van der Waals surface area contributed by atoms with Gasteiger partial charge in [0, 0.05) is 15.6 Å². The van der Waals surface area contributed by atoms with E-state index in [0.717, 1.165) is 0 Å². The third kappa shape index (κ3) is 2.80. The molecule has 0 aliphatic heterocycles. The fourth-order valence-corrected chi connectivity index (χ4v) is 2.36. The number of rotatable bonds is 1. The zero-order chi connectivity index (χ0) is 12.6. The molecule has 17 heavy (non-hydrogen) atoms. The van der Waals surface area contributed by atoms with Crippen molar-refractivity contribution in [3.8, 4) is 16.9 Å². The predicted molar refractivity (Wildman–Crippen MR) is 73.6 cm³/mol. The first-order valence-corrected chi connectivity index (χ1v) is 6.13. The van der Waals surface area contributed by atoms with Crippen LogP contribution in [0.1, 0.15) is 0 Å². The van der Waals surface area contributed by atoms with E-state index in [9.17, 15) is 5.11 Å². The lowest BCUT2D eigenvalue weighted by Gasteiger charge is -2.08. The summed E-state index contributed by atoms with van der Waals surface area (Å²) in [6.45, 7) is 0. The molecule has 5 heteroatoms. The molecule has 0 radical (unpaired) electrons. The van der Waals surface area contributed by atoms with Gasteiger partial charge in [0.1, 0.15) is 5.75 Å². The van der Waals surface area contributed by atoms with Crippen molar-refractivity contribution in [2.75, 3.05) is 0 Å². The summed E-state index contributed by atoms with van der Waals surface area (Å²) in [5.74, 6) is 0.0645. The molecule has 0 heterocycles. The fraction of sp³-hybridized carbons (Fsp3) is 0. The zero-order valence-corrected chi connectivity index (χ0v) is 11.4. The average Bonchev–Trinajstić information content (AvgIpc) is 2.22. The third-order valence-corrected chi connectivity index (χ3v) is 3.46. The van der Waals surface area contributed by atoms with Gasteiger partial charge in [-0.1, -0.05) is 46.4 Å². The van der Waals surface area contributed by atoms with Crippen LogP contribution in [0.2, 0.25) is 20.1 Å². The van der Waals surface area contributed by atoms with Crippen LogP contribution in [0.5, 0.6) is 5.75 Å². The maximum absolute atomic E-state index is 9.48. The van der Waals surface area contributed by atoms with E-state index >= 15 is 0 Å². The molecule has 0 spiro atoms. The van der Waals surface area contributed by atoms with E-state index in [2.05, 4.69) is 0 Å². The largest absolute Gasteiger partial charge is 0.508 e. The molecule has 0 saturated heterocycles. The summed E-state index contributed by atoms with van der Waals surface area (Å²) in [5, 5.41) is 11.1. The summed E-state index contributed by atoms with van der Waals surface area (Å²) in [6.07, 6.45) is 0. The van der Waals surface area contributed by atoms with Gasteiger partial charge in [-0.2, -0.15) is 0 Å². The number of hydrogen-bond donors (Lipinski definition) is 1. The van der Waals surface area contributed by atoms with Crippen molar-refractivity contribution < 1.29 is 5.11 Å². The van der Waals surface area contributed by atoms with E-state index in [0.29, 0.717) is 31.2 Å². The van der Waals surface area contributed by atoms with Gasteiger partial charge in [0.05, 0.1) is 10.0 Å². The van der Waals surface area contributed by atoms with Crippen molar-refractivity contribution in [2.24, 2.45) is 0 Å². The summed E-state index contributed by atoms with van der Waals surface area (Å²) < 4.78 is 0. The van der Waals surface area contributed by atoms with Gasteiger partial charge >= 0.3 is 0 Å². The number of phenols is 1. The average molecular weight is 308 g/mol. The van der Waals surface area contributed by atoms with E-state index in [1.807, 2.05) is 0 Å². The maximum Gasteiger partial charge on any atom is 0.117 e. The second-order valence-corrected chi connectivity index (χ2v) is 5.10. The van der Waals surface area contributed by atoms with Gasteiger partial charge in [0.2, 0.25) is 0 Å². The summed E-state index contributed by atoms with van der Waals surface area (Å²) in [4.78, 5) is 0. The summed E-state index contributed by atoms with van der Waals surface area (Å²) in [5.41, 5.74) is 1.34. The van der Waals surface area contributed by atoms with Crippen LogP contribution in [0.3, 0.4) is 0 Å². The molecule has 0 aromatic heterocycles. The second-order valence-electron chi connectivity index (χ2n) is 3.44. The molecular formula is C12H6Cl4O. The van der Waals surface area contributed by atoms with Crippen LogP contribution in [0.4, 0.5) is 0 Å². The normalized spacial score (nSPS) is 10.6. The van der Waals surface area contributed by atoms with Crippen molar-refractivity contribution in [1.82, 2.24) is 0 Å². The van der Waals surface area contributed by atoms with Crippen LogP contribution >= 0.6 is 46.4 Å². The molecule has 0 atom stereocenters. The highest BCUT2D eigenvalue weighted by molar-refractivity contribution is 6.44. The highest BCUT2D eigenvalue weighted by atomic mass is 35.5. The molecule has 1 nitrogen and oxygen atoms in total. The minimum absolute atomic E-state index is 0.0645. The molecule has 0 aliphatic carbocycles. The lowest BCUT2D eigenvalue weighted by Crippen LogP contribution is -1.82. The predicted octanol–water partition coefficient (Wildman–Crippen LogP) is 5.67. The summed E-state index contributed by atoms with van der Waals surface area (Å²) in [6, 6.07) is 7.87. The van der Waals surface area contributed by atoms with Gasteiger partial charge < -0.3 is 5.11 Å². The Labute approximate surface area is 118 Å². The molecule has 1 N–H and O–H groups in total. The molecule has 88 valence electrons. The van der Waals surface area contributed by atoms with Gasteiger partial charge in [-0.15, -0.1) is 0 Å². The van der Waals surface area contributed by atoms with Crippen LogP contribution in [-0.2, 0) is 0 Å². The van der Waals surface area contributed by atoms with E-state index in [4.69, 9.17) is 46.4 Å². The summed E-state index contributed by atoms with van der Waals surface area (Å²) in [7, 11) is 0. The molecule has 0 unspecified atom stereocenters. The zero-order valence-electron chi connectivity index (χ0n) is 8.35. The van der Waals surface area contributed by atoms with E-state index in [1.54, 1.807) is 24.3 Å². The lowest BCUT2D eigenvalue weighted by molar-refractivity contribution is 0.475. The molecule has 2 rings (SSSR count). The van der Waals surface area contributed by atoms with Crippen LogP contribution in [0.15, 0.2) is 30.3 Å². The van der Waals surface area contributed by atoms with E-state index in [-0.39, 0.29) is 5.75 Å². The first-order chi connectivity index (χ1) is 7.97. The van der Waals surface area contributed by atoms with Gasteiger partial charge in [-0.3, -0.25) is 0 Å². The smallest absolute Gasteiger partial charge is 0.117 e. The van der Waals surface area contributed by atoms with E-state index in [1.165, 1.54) is 6.07 Å². The Morgan fingerprint density at radius 2 is 1.35 bits per heavy atom. The number of benzene rings is 2. The fourth-order valence-electron chi connectivity index (χ4n) is 1.47. The molecule has 0 amide bonds. The van der Waals surface area contributed by atoms with Crippen LogP contribution < -0.4 is 0 Å². The first kappa shape index (κ1) is 12.8. The van der Waals surface area contributed by atoms with Crippen molar-refractivity contribution in [3.63, 3.8) is 0 Å². The van der Waals surface area contributed by atoms with Crippen LogP contribution in [0, 0.1) is 0 Å². The SMILES string of the molecule is Oc1cc(Cl)cc(-c2cc(Cl)c(Cl)cc2Cl)c1. The van der Waals surface area contributed by atoms with Gasteiger partial charge in [-0.05, 0) is 35.9 Å². The number of phenolic OH excluding ortho intramolecular Hbond substituents is 1. The maximum atomic E-state index is 9.48. The molecule has 0 fully saturated rings. The molecule has 2 aromatic rings. The Hall–Kier alpha value is -0.600. The highest BCUT2D eigenvalue weighted by Gasteiger charge is 2.09. The Bertz CT molecular complexity index is 561. The highest BCUT2D eigenvalue weighted by Crippen LogP contribution is 2.37. The number of halogens is 4. The van der Waals surface area contributed by atoms with Gasteiger partial charge in [-0.25, -0.2) is 0 Å². The third-order valence-electron chi connectivity index (χ3n) is 2.20. The Morgan fingerprint density at radius 1 is 0.706 bits per heavy atom. The Morgan fingerprint density at radius 3 is 2.00 bits per heavy atom. The monoisotopic (exact) mass is 306 g/mol. The van der Waals surface area contributed by atoms with Gasteiger partial charge in [0.15, 0.2) is 0 Å². The number of aromatic hydroxyl groups is 1. The quantitative estimate of drug-likeness (QED) is 0.673. The standard InChI is InChI=1S/C12H6Cl4O/c13-7-1-6(2-8(17)3-7)9-4-11(15)12(16)5-10(9)14/h1-5,17H. The molecular weight excluding hydrogens is 302 g/mol. The van der Waals surface area contributed by atoms with Crippen LogP contribution in [-0.4, -0.2) is 5.11 Å². The van der Waals surface area contributed by atoms with Crippen molar-refractivity contribution in [1.29, 1.82) is 0 Å². The Balaban J connectivity index is 2.64. The van der Waals surface area contributed by atoms with Crippen molar-refractivity contribution in [3.05, 3.63) is 50.4 Å². The van der Waals surface area contributed by atoms with Crippen molar-refractivity contribution >= 4 is 46.4 Å². The molecule has 0 saturated carbocycles. The van der Waals surface area contributed by atoms with Crippen LogP contribution in [0.25, 0.3) is 11.1 Å². The second kappa shape index (κ2) is 4.95. The molecule has 0 aliphatic rings. The summed E-state index contributed by atoms with van der Waals surface area (Å²) >= 11 is 23.7. The molecule has 0 bridgehead atoms. The minimum atomic E-state index is 0.0645. The lowest BCUT2D eigenvalue weighted by atomic mass is 10.1. The topological polar surface area (TPSA) is 20.2 Å². The molecule has 2 aromatic carbocycles. The first-order valence-electron chi connectivity index (χ1n) is 4.62. The van der Waals surface area contributed by atoms with Gasteiger partial charge in [0.25, 0.3) is 0 Å².